The number of aliphatic imine (C=N–C) groups is 1. The van der Waals surface area contributed by atoms with E-state index in [0.29, 0.717) is 11.4 Å². The van der Waals surface area contributed by atoms with Gasteiger partial charge >= 0.3 is 11.9 Å². The van der Waals surface area contributed by atoms with Gasteiger partial charge in [-0.05, 0) is 25.3 Å². The number of thiazole rings is 1. The van der Waals surface area contributed by atoms with Crippen LogP contribution >= 0.6 is 22.9 Å². The lowest BCUT2D eigenvalue weighted by Crippen LogP contribution is -2.45. The SMILES string of the molecule is CC[C@@H](CC(=O)O)C[C@@H]1CC(F)(F)[C@H](C)N1CC1=C(C(=O)OC)[C@H](c2cccc(F)c2Cl)N=C(c2nccs2)N1. The van der Waals surface area contributed by atoms with E-state index in [4.69, 9.17) is 16.3 Å². The lowest BCUT2D eigenvalue weighted by atomic mass is 9.92. The largest absolute Gasteiger partial charge is 0.481 e. The Balaban J connectivity index is 1.80. The number of ether oxygens (including phenoxy) is 1. The predicted octanol–water partition coefficient (Wildman–Crippen LogP) is 5.44. The van der Waals surface area contributed by atoms with Crippen molar-refractivity contribution in [3.05, 3.63) is 62.5 Å². The molecule has 0 spiro atoms. The minimum absolute atomic E-state index is 0.00838. The van der Waals surface area contributed by atoms with Crippen LogP contribution in [0.1, 0.15) is 56.1 Å². The first-order valence-electron chi connectivity index (χ1n) is 12.8. The highest BCUT2D eigenvalue weighted by Gasteiger charge is 2.52. The highest BCUT2D eigenvalue weighted by atomic mass is 35.5. The number of nitrogens with one attached hydrogen (secondary N) is 1. The van der Waals surface area contributed by atoms with Crippen molar-refractivity contribution >= 4 is 40.7 Å². The number of rotatable bonds is 10. The molecule has 2 aliphatic heterocycles. The first-order chi connectivity index (χ1) is 19.0. The molecule has 2 aromatic rings. The Bertz CT molecular complexity index is 1320. The molecular formula is C27H30ClF3N4O4S. The Kier molecular flexibility index (Phi) is 9.21. The molecule has 3 heterocycles. The average molecular weight is 599 g/mol. The maximum atomic E-state index is 15.1. The van der Waals surface area contributed by atoms with E-state index >= 15 is 8.78 Å². The summed E-state index contributed by atoms with van der Waals surface area (Å²) < 4.78 is 49.8. The second kappa shape index (κ2) is 12.3. The molecule has 1 fully saturated rings. The molecule has 1 aromatic carbocycles. The van der Waals surface area contributed by atoms with E-state index in [0.717, 1.165) is 0 Å². The number of halogens is 4. The van der Waals surface area contributed by atoms with Crippen molar-refractivity contribution in [2.75, 3.05) is 13.7 Å². The van der Waals surface area contributed by atoms with Gasteiger partial charge in [0.25, 0.3) is 5.92 Å². The number of benzene rings is 1. The van der Waals surface area contributed by atoms with Crippen LogP contribution in [0.3, 0.4) is 0 Å². The number of methoxy groups -OCH3 is 1. The van der Waals surface area contributed by atoms with Crippen molar-refractivity contribution in [1.29, 1.82) is 0 Å². The quantitative estimate of drug-likeness (QED) is 0.351. The zero-order valence-electron chi connectivity index (χ0n) is 22.2. The lowest BCUT2D eigenvalue weighted by Gasteiger charge is -2.34. The van der Waals surface area contributed by atoms with E-state index in [-0.39, 0.29) is 53.0 Å². The van der Waals surface area contributed by atoms with Gasteiger partial charge in [0.15, 0.2) is 10.8 Å². The Morgan fingerprint density at radius 2 is 2.12 bits per heavy atom. The summed E-state index contributed by atoms with van der Waals surface area (Å²) in [5.74, 6) is -5.53. The van der Waals surface area contributed by atoms with Crippen molar-refractivity contribution < 1.29 is 32.6 Å². The molecule has 40 heavy (non-hydrogen) atoms. The molecule has 216 valence electrons. The number of carboxylic acids is 1. The fourth-order valence-electron chi connectivity index (χ4n) is 5.33. The minimum atomic E-state index is -3.04. The molecule has 0 bridgehead atoms. The van der Waals surface area contributed by atoms with Crippen LogP contribution in [0.2, 0.25) is 5.02 Å². The first kappa shape index (κ1) is 30.0. The van der Waals surface area contributed by atoms with Gasteiger partial charge in [-0.2, -0.15) is 0 Å². The van der Waals surface area contributed by atoms with Crippen molar-refractivity contribution in [3.8, 4) is 0 Å². The van der Waals surface area contributed by atoms with Crippen LogP contribution < -0.4 is 5.32 Å². The molecular weight excluding hydrogens is 569 g/mol. The van der Waals surface area contributed by atoms with Crippen LogP contribution in [-0.4, -0.2) is 64.4 Å². The minimum Gasteiger partial charge on any atom is -0.481 e. The van der Waals surface area contributed by atoms with Gasteiger partial charge < -0.3 is 15.2 Å². The van der Waals surface area contributed by atoms with Crippen molar-refractivity contribution in [2.24, 2.45) is 10.9 Å². The van der Waals surface area contributed by atoms with E-state index < -0.39 is 48.2 Å². The second-order valence-electron chi connectivity index (χ2n) is 9.94. The zero-order valence-corrected chi connectivity index (χ0v) is 23.7. The molecule has 0 aliphatic carbocycles. The third kappa shape index (κ3) is 6.18. The summed E-state index contributed by atoms with van der Waals surface area (Å²) in [6.07, 6.45) is 1.76. The number of amidine groups is 1. The number of hydrogen-bond acceptors (Lipinski definition) is 8. The topological polar surface area (TPSA) is 104 Å². The number of carbonyl (C=O) groups is 2. The van der Waals surface area contributed by atoms with Gasteiger partial charge in [-0.15, -0.1) is 11.3 Å². The molecule has 0 radical (unpaired) electrons. The van der Waals surface area contributed by atoms with Gasteiger partial charge in [0.05, 0.1) is 23.7 Å². The van der Waals surface area contributed by atoms with E-state index in [9.17, 15) is 19.1 Å². The Hall–Kier alpha value is -2.96. The van der Waals surface area contributed by atoms with E-state index in [1.54, 1.807) is 16.5 Å². The van der Waals surface area contributed by atoms with Crippen LogP contribution in [-0.2, 0) is 14.3 Å². The molecule has 2 N–H and O–H groups in total. The number of carboxylic acid groups (broad SMARTS) is 1. The highest BCUT2D eigenvalue weighted by Crippen LogP contribution is 2.43. The molecule has 13 heteroatoms. The highest BCUT2D eigenvalue weighted by molar-refractivity contribution is 7.11. The Labute approximate surface area is 238 Å². The molecule has 4 atom stereocenters. The predicted molar refractivity (Wildman–Crippen MR) is 145 cm³/mol. The van der Waals surface area contributed by atoms with E-state index in [1.807, 2.05) is 6.92 Å². The molecule has 1 saturated heterocycles. The van der Waals surface area contributed by atoms with Gasteiger partial charge in [0, 0.05) is 48.3 Å². The van der Waals surface area contributed by atoms with Crippen molar-refractivity contribution in [2.45, 2.75) is 63.6 Å². The first-order valence-corrected chi connectivity index (χ1v) is 14.1. The smallest absolute Gasteiger partial charge is 0.338 e. The summed E-state index contributed by atoms with van der Waals surface area (Å²) >= 11 is 7.59. The fourth-order valence-corrected chi connectivity index (χ4v) is 6.15. The lowest BCUT2D eigenvalue weighted by molar-refractivity contribution is -0.138. The number of aromatic nitrogens is 1. The summed E-state index contributed by atoms with van der Waals surface area (Å²) in [6.45, 7) is 3.12. The Morgan fingerprint density at radius 3 is 2.75 bits per heavy atom. The van der Waals surface area contributed by atoms with Crippen molar-refractivity contribution in [1.82, 2.24) is 15.2 Å². The molecule has 1 aromatic heterocycles. The summed E-state index contributed by atoms with van der Waals surface area (Å²) in [5.41, 5.74) is 0.464. The number of alkyl halides is 2. The number of aliphatic carboxylic acids is 1. The molecule has 0 unspecified atom stereocenters. The molecule has 4 rings (SSSR count). The maximum absolute atomic E-state index is 15.1. The van der Waals surface area contributed by atoms with Gasteiger partial charge in [-0.25, -0.2) is 22.9 Å². The number of likely N-dealkylation sites (tertiary alicyclic amines) is 1. The normalized spacial score (nSPS) is 23.5. The third-order valence-electron chi connectivity index (χ3n) is 7.51. The van der Waals surface area contributed by atoms with Crippen LogP contribution in [0.25, 0.3) is 0 Å². The standard InChI is InChI=1S/C27H30ClF3N4O4S/c1-4-15(11-20(36)37)10-16-12-27(30,31)14(2)35(16)13-19-21(26(38)39-3)23(17-6-5-7-18(29)22(17)28)34-24(33-19)25-32-8-9-40-25/h5-9,14-16,23H,4,10-13H2,1-3H3,(H,33,34)(H,36,37)/t14-,15+,16+,23-/m0/s1. The van der Waals surface area contributed by atoms with Gasteiger partial charge in [0.1, 0.15) is 11.9 Å². The van der Waals surface area contributed by atoms with Gasteiger partial charge in [0.2, 0.25) is 0 Å². The average Bonchev–Trinajstić information content (AvgIpc) is 3.52. The van der Waals surface area contributed by atoms with Crippen molar-refractivity contribution in [3.63, 3.8) is 0 Å². The van der Waals surface area contributed by atoms with Gasteiger partial charge in [-0.1, -0.05) is 37.1 Å². The van der Waals surface area contributed by atoms with Gasteiger partial charge in [-0.3, -0.25) is 14.7 Å². The monoisotopic (exact) mass is 598 g/mol. The zero-order chi connectivity index (χ0) is 29.2. The summed E-state index contributed by atoms with van der Waals surface area (Å²) in [7, 11) is 1.18. The van der Waals surface area contributed by atoms with Crippen LogP contribution in [0.5, 0.6) is 0 Å². The number of hydrogen-bond donors (Lipinski definition) is 2. The number of nitrogens with zero attached hydrogens (tertiary/aromatic N) is 3. The Morgan fingerprint density at radius 1 is 1.38 bits per heavy atom. The number of esters is 1. The molecule has 2 aliphatic rings. The molecule has 0 saturated carbocycles. The second-order valence-corrected chi connectivity index (χ2v) is 11.2. The fraction of sp³-hybridized carbons (Fsp3) is 0.481. The summed E-state index contributed by atoms with van der Waals surface area (Å²) in [5, 5.41) is 14.4. The third-order valence-corrected chi connectivity index (χ3v) is 8.69. The summed E-state index contributed by atoms with van der Waals surface area (Å²) in [6, 6.07) is 1.21. The molecule has 8 nitrogen and oxygen atoms in total. The maximum Gasteiger partial charge on any atom is 0.338 e. The van der Waals surface area contributed by atoms with Crippen LogP contribution in [0.4, 0.5) is 13.2 Å². The van der Waals surface area contributed by atoms with Crippen LogP contribution in [0.15, 0.2) is 46.0 Å². The van der Waals surface area contributed by atoms with E-state index in [2.05, 4.69) is 15.3 Å². The molecule has 0 amide bonds. The van der Waals surface area contributed by atoms with E-state index in [1.165, 1.54) is 43.6 Å². The number of carbonyl (C=O) groups excluding carboxylic acids is 1. The van der Waals surface area contributed by atoms with Crippen LogP contribution in [0, 0.1) is 11.7 Å². The summed E-state index contributed by atoms with van der Waals surface area (Å²) in [4.78, 5) is 35.1.